The number of benzene rings is 2. The Labute approximate surface area is 205 Å². The van der Waals surface area contributed by atoms with Gasteiger partial charge in [0.25, 0.3) is 11.8 Å². The standard InChI is InChI=1S/C26H32N6O3/c1-30-12-14-31(15-13-30)20-10-8-19(9-11-20)25(33)29-24(28)21-16-32(17-22(21)27)26(34)23(35-2)18-6-4-3-5-7-18/h3-11,21,23,27H,12-17H2,1-2H3,(H2,28,29,33). The van der Waals surface area contributed by atoms with Gasteiger partial charge in [0.2, 0.25) is 0 Å². The van der Waals surface area contributed by atoms with E-state index in [-0.39, 0.29) is 30.5 Å². The van der Waals surface area contributed by atoms with E-state index in [1.807, 2.05) is 42.5 Å². The number of hydrogen-bond donors (Lipinski definition) is 2. The first-order valence-electron chi connectivity index (χ1n) is 11.7. The molecule has 2 heterocycles. The van der Waals surface area contributed by atoms with Crippen LogP contribution in [-0.4, -0.2) is 86.6 Å². The summed E-state index contributed by atoms with van der Waals surface area (Å²) in [6, 6.07) is 16.6. The normalized spacial score (nSPS) is 20.2. The lowest BCUT2D eigenvalue weighted by Crippen LogP contribution is -2.44. The molecule has 0 aromatic heterocycles. The highest BCUT2D eigenvalue weighted by Crippen LogP contribution is 2.24. The number of likely N-dealkylation sites (tertiary alicyclic amines) is 1. The molecule has 2 unspecified atom stereocenters. The van der Waals surface area contributed by atoms with Crippen molar-refractivity contribution in [3.05, 3.63) is 65.7 Å². The Kier molecular flexibility index (Phi) is 7.57. The lowest BCUT2D eigenvalue weighted by molar-refractivity contribution is -0.141. The monoisotopic (exact) mass is 476 g/mol. The summed E-state index contributed by atoms with van der Waals surface area (Å²) >= 11 is 0. The molecule has 184 valence electrons. The highest BCUT2D eigenvalue weighted by atomic mass is 16.5. The number of carbonyl (C=O) groups excluding carboxylic acids is 2. The second-order valence-corrected chi connectivity index (χ2v) is 9.00. The number of piperazine rings is 1. The number of ether oxygens (including phenoxy) is 1. The topological polar surface area (TPSA) is 115 Å². The van der Waals surface area contributed by atoms with Crippen LogP contribution in [0.25, 0.3) is 0 Å². The van der Waals surface area contributed by atoms with Crippen LogP contribution >= 0.6 is 0 Å². The average molecular weight is 477 g/mol. The third kappa shape index (κ3) is 5.58. The van der Waals surface area contributed by atoms with E-state index >= 15 is 0 Å². The number of carbonyl (C=O) groups is 2. The number of anilines is 1. The molecule has 2 aromatic carbocycles. The summed E-state index contributed by atoms with van der Waals surface area (Å²) in [5.74, 6) is -1.25. The van der Waals surface area contributed by atoms with E-state index in [0.29, 0.717) is 5.56 Å². The maximum absolute atomic E-state index is 13.1. The molecule has 0 radical (unpaired) electrons. The van der Waals surface area contributed by atoms with Gasteiger partial charge in [-0.25, -0.2) is 0 Å². The van der Waals surface area contributed by atoms with Gasteiger partial charge < -0.3 is 30.6 Å². The number of nitrogens with zero attached hydrogens (tertiary/aromatic N) is 4. The van der Waals surface area contributed by atoms with Gasteiger partial charge in [-0.1, -0.05) is 30.3 Å². The minimum atomic E-state index is -0.763. The van der Waals surface area contributed by atoms with Crippen LogP contribution in [0.4, 0.5) is 5.69 Å². The van der Waals surface area contributed by atoms with Crippen molar-refractivity contribution >= 4 is 29.0 Å². The Morgan fingerprint density at radius 1 is 1.06 bits per heavy atom. The number of hydrogen-bond acceptors (Lipinski definition) is 6. The van der Waals surface area contributed by atoms with Crippen molar-refractivity contribution in [1.29, 1.82) is 5.41 Å². The van der Waals surface area contributed by atoms with Crippen molar-refractivity contribution in [2.24, 2.45) is 16.6 Å². The Bertz CT molecular complexity index is 1090. The molecule has 0 spiro atoms. The summed E-state index contributed by atoms with van der Waals surface area (Å²) in [4.78, 5) is 36.0. The smallest absolute Gasteiger partial charge is 0.278 e. The summed E-state index contributed by atoms with van der Waals surface area (Å²) in [6.07, 6.45) is -0.763. The molecule has 2 aromatic rings. The number of rotatable bonds is 6. The third-order valence-electron chi connectivity index (χ3n) is 6.63. The van der Waals surface area contributed by atoms with Crippen LogP contribution in [0.1, 0.15) is 22.0 Å². The minimum Gasteiger partial charge on any atom is -0.386 e. The Morgan fingerprint density at radius 3 is 2.34 bits per heavy atom. The zero-order valence-corrected chi connectivity index (χ0v) is 20.2. The Balaban J connectivity index is 1.40. The van der Waals surface area contributed by atoms with Crippen molar-refractivity contribution in [2.45, 2.75) is 6.10 Å². The van der Waals surface area contributed by atoms with Gasteiger partial charge in [0.15, 0.2) is 6.10 Å². The largest absolute Gasteiger partial charge is 0.386 e. The Morgan fingerprint density at radius 2 is 1.71 bits per heavy atom. The van der Waals surface area contributed by atoms with Crippen molar-refractivity contribution in [2.75, 3.05) is 58.3 Å². The molecule has 9 heteroatoms. The van der Waals surface area contributed by atoms with E-state index in [1.54, 1.807) is 12.1 Å². The third-order valence-corrected chi connectivity index (χ3v) is 6.63. The summed E-state index contributed by atoms with van der Waals surface area (Å²) in [5, 5.41) is 8.35. The fourth-order valence-electron chi connectivity index (χ4n) is 4.46. The van der Waals surface area contributed by atoms with Crippen LogP contribution in [0, 0.1) is 11.3 Å². The van der Waals surface area contributed by atoms with Crippen molar-refractivity contribution in [1.82, 2.24) is 9.80 Å². The quantitative estimate of drug-likeness (QED) is 0.485. The maximum atomic E-state index is 13.1. The van der Waals surface area contributed by atoms with Gasteiger partial charge in [-0.05, 0) is 36.9 Å². The first-order chi connectivity index (χ1) is 16.9. The highest BCUT2D eigenvalue weighted by molar-refractivity contribution is 6.13. The van der Waals surface area contributed by atoms with E-state index in [9.17, 15) is 9.59 Å². The fraction of sp³-hybridized carbons (Fsp3) is 0.385. The summed E-state index contributed by atoms with van der Waals surface area (Å²) in [6.45, 7) is 4.22. The molecular formula is C26H32N6O3. The van der Waals surface area contributed by atoms with E-state index in [1.165, 1.54) is 12.0 Å². The molecular weight excluding hydrogens is 444 g/mol. The van der Waals surface area contributed by atoms with Crippen molar-refractivity contribution in [3.63, 3.8) is 0 Å². The maximum Gasteiger partial charge on any atom is 0.278 e. The highest BCUT2D eigenvalue weighted by Gasteiger charge is 2.37. The van der Waals surface area contributed by atoms with Gasteiger partial charge in [0, 0.05) is 56.8 Å². The number of amidine groups is 1. The molecule has 3 N–H and O–H groups in total. The van der Waals surface area contributed by atoms with Crippen LogP contribution < -0.4 is 10.6 Å². The molecule has 9 nitrogen and oxygen atoms in total. The van der Waals surface area contributed by atoms with Gasteiger partial charge in [0.1, 0.15) is 5.84 Å². The second kappa shape index (κ2) is 10.8. The predicted molar refractivity (Wildman–Crippen MR) is 136 cm³/mol. The predicted octanol–water partition coefficient (Wildman–Crippen LogP) is 1.80. The van der Waals surface area contributed by atoms with E-state index < -0.39 is 17.9 Å². The Hall–Kier alpha value is -3.56. The van der Waals surface area contributed by atoms with Crippen LogP contribution in [-0.2, 0) is 9.53 Å². The molecule has 2 amide bonds. The first-order valence-corrected chi connectivity index (χ1v) is 11.7. The molecule has 2 fully saturated rings. The zero-order valence-electron chi connectivity index (χ0n) is 20.2. The molecule has 2 atom stereocenters. The summed E-state index contributed by atoms with van der Waals surface area (Å²) in [5.41, 5.74) is 8.66. The second-order valence-electron chi connectivity index (χ2n) is 9.00. The van der Waals surface area contributed by atoms with Crippen LogP contribution in [0.15, 0.2) is 59.6 Å². The van der Waals surface area contributed by atoms with E-state index in [0.717, 1.165) is 37.4 Å². The molecule has 0 bridgehead atoms. The van der Waals surface area contributed by atoms with Crippen molar-refractivity contribution < 1.29 is 14.3 Å². The van der Waals surface area contributed by atoms with E-state index in [2.05, 4.69) is 21.8 Å². The number of aliphatic imine (C=N–C) groups is 1. The van der Waals surface area contributed by atoms with Gasteiger partial charge >= 0.3 is 0 Å². The van der Waals surface area contributed by atoms with Gasteiger partial charge in [-0.2, -0.15) is 4.99 Å². The lowest BCUT2D eigenvalue weighted by atomic mass is 10.1. The molecule has 2 aliphatic rings. The number of methoxy groups -OCH3 is 1. The average Bonchev–Trinajstić information content (AvgIpc) is 3.27. The summed E-state index contributed by atoms with van der Waals surface area (Å²) in [7, 11) is 3.60. The van der Waals surface area contributed by atoms with E-state index in [4.69, 9.17) is 15.9 Å². The molecule has 2 saturated heterocycles. The lowest BCUT2D eigenvalue weighted by Gasteiger charge is -2.34. The van der Waals surface area contributed by atoms with Crippen molar-refractivity contribution in [3.8, 4) is 0 Å². The number of likely N-dealkylation sites (N-methyl/N-ethyl adjacent to an activating group) is 1. The zero-order chi connectivity index (χ0) is 24.9. The van der Waals surface area contributed by atoms with Crippen LogP contribution in [0.3, 0.4) is 0 Å². The molecule has 2 aliphatic heterocycles. The molecule has 0 aliphatic carbocycles. The number of nitrogens with one attached hydrogen (secondary N) is 1. The van der Waals surface area contributed by atoms with Crippen LogP contribution in [0.5, 0.6) is 0 Å². The van der Waals surface area contributed by atoms with Gasteiger partial charge in [-0.3, -0.25) is 9.59 Å². The summed E-state index contributed by atoms with van der Waals surface area (Å²) < 4.78 is 5.44. The number of nitrogens with two attached hydrogens (primary N) is 1. The minimum absolute atomic E-state index is 0.0483. The fourth-order valence-corrected chi connectivity index (χ4v) is 4.46. The van der Waals surface area contributed by atoms with Crippen LogP contribution in [0.2, 0.25) is 0 Å². The molecule has 35 heavy (non-hydrogen) atoms. The first kappa shape index (κ1) is 24.6. The molecule has 0 saturated carbocycles. The number of amides is 2. The SMILES string of the molecule is COC(C(=O)N1CC(=N)C(C(N)=NC(=O)c2ccc(N3CCN(C)CC3)cc2)C1)c1ccccc1. The van der Waals surface area contributed by atoms with Gasteiger partial charge in [0.05, 0.1) is 12.5 Å². The van der Waals surface area contributed by atoms with Gasteiger partial charge in [-0.15, -0.1) is 0 Å². The molecule has 4 rings (SSSR count).